The molecule has 2 N–H and O–H groups in total. The van der Waals surface area contributed by atoms with Crippen LogP contribution in [0.3, 0.4) is 0 Å². The highest BCUT2D eigenvalue weighted by Gasteiger charge is 2.41. The predicted molar refractivity (Wildman–Crippen MR) is 40.5 cm³/mol. The van der Waals surface area contributed by atoms with Crippen molar-refractivity contribution in [3.8, 4) is 0 Å². The van der Waals surface area contributed by atoms with Crippen molar-refractivity contribution in [2.45, 2.75) is 37.9 Å². The lowest BCUT2D eigenvalue weighted by atomic mass is 9.80. The van der Waals surface area contributed by atoms with E-state index in [1.807, 2.05) is 0 Å². The maximum atomic E-state index is 11.0. The number of carbonyl (C=O) groups is 2. The van der Waals surface area contributed by atoms with Crippen LogP contribution in [0.4, 0.5) is 0 Å². The van der Waals surface area contributed by atoms with Crippen LogP contribution in [-0.4, -0.2) is 33.5 Å². The van der Waals surface area contributed by atoms with Crippen molar-refractivity contribution >= 4 is 11.6 Å². The van der Waals surface area contributed by atoms with Crippen LogP contribution in [0.1, 0.15) is 26.2 Å². The van der Waals surface area contributed by atoms with E-state index in [0.717, 1.165) is 0 Å². The van der Waals surface area contributed by atoms with Crippen LogP contribution >= 0.6 is 0 Å². The third-order valence-electron chi connectivity index (χ3n) is 2.33. The Balaban J connectivity index is 2.73. The molecule has 0 amide bonds. The predicted octanol–water partition coefficient (Wildman–Crippen LogP) is -0.580. The van der Waals surface area contributed by atoms with Gasteiger partial charge in [-0.25, -0.2) is 0 Å². The summed E-state index contributed by atoms with van der Waals surface area (Å²) in [7, 11) is 0. The molecule has 68 valence electrons. The summed E-state index contributed by atoms with van der Waals surface area (Å²) in [4.78, 5) is 21.8. The molecule has 2 atom stereocenters. The maximum absolute atomic E-state index is 11.0. The Kier molecular flexibility index (Phi) is 2.30. The van der Waals surface area contributed by atoms with E-state index in [-0.39, 0.29) is 19.3 Å². The van der Waals surface area contributed by atoms with Gasteiger partial charge in [-0.1, -0.05) is 0 Å². The van der Waals surface area contributed by atoms with Gasteiger partial charge in [-0.15, -0.1) is 0 Å². The molecule has 0 saturated heterocycles. The van der Waals surface area contributed by atoms with Crippen LogP contribution in [-0.2, 0) is 9.59 Å². The number of rotatable bonds is 1. The Hall–Kier alpha value is -0.740. The third kappa shape index (κ3) is 1.54. The van der Waals surface area contributed by atoms with Crippen molar-refractivity contribution < 1.29 is 19.8 Å². The monoisotopic (exact) mass is 172 g/mol. The molecular weight excluding hydrogens is 160 g/mol. The van der Waals surface area contributed by atoms with E-state index < -0.39 is 23.3 Å². The highest BCUT2D eigenvalue weighted by molar-refractivity contribution is 5.94. The number of Topliss-reactive ketones (excluding diaryl/α,β-unsaturated/α-hetero) is 2. The van der Waals surface area contributed by atoms with Crippen LogP contribution in [0.5, 0.6) is 0 Å². The van der Waals surface area contributed by atoms with Gasteiger partial charge in [0.15, 0.2) is 11.6 Å². The Labute approximate surface area is 70.2 Å². The van der Waals surface area contributed by atoms with Gasteiger partial charge in [-0.2, -0.15) is 0 Å². The van der Waals surface area contributed by atoms with Gasteiger partial charge in [0, 0.05) is 6.42 Å². The molecule has 1 fully saturated rings. The van der Waals surface area contributed by atoms with Gasteiger partial charge in [-0.05, 0) is 19.8 Å². The lowest BCUT2D eigenvalue weighted by Gasteiger charge is -2.30. The normalized spacial score (nSPS) is 36.6. The number of hydrogen-bond donors (Lipinski definition) is 2. The molecule has 12 heavy (non-hydrogen) atoms. The number of aliphatic hydroxyl groups is 2. The van der Waals surface area contributed by atoms with Gasteiger partial charge >= 0.3 is 0 Å². The summed E-state index contributed by atoms with van der Waals surface area (Å²) in [6.45, 7) is 1.25. The van der Waals surface area contributed by atoms with Crippen molar-refractivity contribution in [3.05, 3.63) is 0 Å². The smallest absolute Gasteiger partial charge is 0.164 e. The molecule has 0 aromatic carbocycles. The molecule has 1 rings (SSSR count). The first-order valence-electron chi connectivity index (χ1n) is 3.90. The molecule has 0 spiro atoms. The molecular formula is C8H12O4. The summed E-state index contributed by atoms with van der Waals surface area (Å²) in [5, 5.41) is 18.6. The first kappa shape index (κ1) is 9.35. The summed E-state index contributed by atoms with van der Waals surface area (Å²) in [5.41, 5.74) is -1.52. The zero-order valence-electron chi connectivity index (χ0n) is 6.91. The average Bonchev–Trinajstić information content (AvgIpc) is 1.97. The van der Waals surface area contributed by atoms with Gasteiger partial charge in [0.2, 0.25) is 0 Å². The molecule has 0 aromatic rings. The van der Waals surface area contributed by atoms with Crippen molar-refractivity contribution in [2.75, 3.05) is 0 Å². The van der Waals surface area contributed by atoms with E-state index in [0.29, 0.717) is 0 Å². The molecule has 4 nitrogen and oxygen atoms in total. The number of carbonyl (C=O) groups excluding carboxylic acids is 2. The molecule has 1 aliphatic carbocycles. The second-order valence-electron chi connectivity index (χ2n) is 3.29. The minimum absolute atomic E-state index is 0.176. The van der Waals surface area contributed by atoms with Gasteiger partial charge in [0.1, 0.15) is 11.7 Å². The first-order valence-corrected chi connectivity index (χ1v) is 3.90. The SMILES string of the molecule is CC(=O)C1(O)CCC(O)C(=O)C1. The second-order valence-corrected chi connectivity index (χ2v) is 3.29. The minimum atomic E-state index is -1.52. The lowest BCUT2D eigenvalue weighted by Crippen LogP contribution is -2.46. The standard InChI is InChI=1S/C8H12O4/c1-5(9)8(12)3-2-6(10)7(11)4-8/h6,10,12H,2-4H2,1H3. The first-order chi connectivity index (χ1) is 5.46. The number of ketones is 2. The Bertz CT molecular complexity index is 223. The van der Waals surface area contributed by atoms with E-state index in [1.54, 1.807) is 0 Å². The number of aliphatic hydroxyl groups excluding tert-OH is 1. The third-order valence-corrected chi connectivity index (χ3v) is 2.33. The van der Waals surface area contributed by atoms with Crippen molar-refractivity contribution in [1.82, 2.24) is 0 Å². The summed E-state index contributed by atoms with van der Waals surface area (Å²) in [6, 6.07) is 0. The number of hydrogen-bond acceptors (Lipinski definition) is 4. The van der Waals surface area contributed by atoms with E-state index in [9.17, 15) is 14.7 Å². The summed E-state index contributed by atoms with van der Waals surface area (Å²) >= 11 is 0. The highest BCUT2D eigenvalue weighted by Crippen LogP contribution is 2.26. The van der Waals surface area contributed by atoms with E-state index in [4.69, 9.17) is 5.11 Å². The Morgan fingerprint density at radius 1 is 1.67 bits per heavy atom. The maximum Gasteiger partial charge on any atom is 0.164 e. The van der Waals surface area contributed by atoms with E-state index in [2.05, 4.69) is 0 Å². The summed E-state index contributed by atoms with van der Waals surface area (Å²) in [5.74, 6) is -0.846. The Morgan fingerprint density at radius 2 is 2.25 bits per heavy atom. The largest absolute Gasteiger partial charge is 0.385 e. The van der Waals surface area contributed by atoms with Crippen LogP contribution < -0.4 is 0 Å². The van der Waals surface area contributed by atoms with Crippen molar-refractivity contribution in [1.29, 1.82) is 0 Å². The van der Waals surface area contributed by atoms with Crippen molar-refractivity contribution in [2.24, 2.45) is 0 Å². The van der Waals surface area contributed by atoms with Crippen LogP contribution in [0.25, 0.3) is 0 Å². The van der Waals surface area contributed by atoms with Gasteiger partial charge in [-0.3, -0.25) is 9.59 Å². The molecule has 0 bridgehead atoms. The zero-order chi connectivity index (χ0) is 9.35. The van der Waals surface area contributed by atoms with E-state index >= 15 is 0 Å². The van der Waals surface area contributed by atoms with Gasteiger partial charge < -0.3 is 10.2 Å². The fraction of sp³-hybridized carbons (Fsp3) is 0.750. The van der Waals surface area contributed by atoms with Crippen LogP contribution in [0, 0.1) is 0 Å². The molecule has 1 aliphatic rings. The second kappa shape index (κ2) is 2.95. The quantitative estimate of drug-likeness (QED) is 0.555. The fourth-order valence-electron chi connectivity index (χ4n) is 1.33. The molecule has 0 aliphatic heterocycles. The molecule has 0 aromatic heterocycles. The van der Waals surface area contributed by atoms with Crippen molar-refractivity contribution in [3.63, 3.8) is 0 Å². The molecule has 2 unspecified atom stereocenters. The zero-order valence-corrected chi connectivity index (χ0v) is 6.91. The average molecular weight is 172 g/mol. The molecule has 1 saturated carbocycles. The molecule has 4 heteroatoms. The minimum Gasteiger partial charge on any atom is -0.385 e. The lowest BCUT2D eigenvalue weighted by molar-refractivity contribution is -0.150. The van der Waals surface area contributed by atoms with Gasteiger partial charge in [0.25, 0.3) is 0 Å². The topological polar surface area (TPSA) is 74.6 Å². The van der Waals surface area contributed by atoms with Crippen LogP contribution in [0.15, 0.2) is 0 Å². The van der Waals surface area contributed by atoms with Gasteiger partial charge in [0.05, 0.1) is 0 Å². The Morgan fingerprint density at radius 3 is 2.67 bits per heavy atom. The highest BCUT2D eigenvalue weighted by atomic mass is 16.3. The molecule has 0 radical (unpaired) electrons. The van der Waals surface area contributed by atoms with E-state index in [1.165, 1.54) is 6.92 Å². The van der Waals surface area contributed by atoms with Crippen LogP contribution in [0.2, 0.25) is 0 Å². The fourth-order valence-corrected chi connectivity index (χ4v) is 1.33. The summed E-state index contributed by atoms with van der Waals surface area (Å²) < 4.78 is 0. The summed E-state index contributed by atoms with van der Waals surface area (Å²) in [6.07, 6.45) is -0.891. The molecule has 0 heterocycles.